The third-order valence-electron chi connectivity index (χ3n) is 3.16. The molecule has 6 heteroatoms. The van der Waals surface area contributed by atoms with Crippen molar-refractivity contribution in [3.8, 4) is 5.75 Å². The molecule has 1 fully saturated rings. The lowest BCUT2D eigenvalue weighted by Crippen LogP contribution is -2.34. The van der Waals surface area contributed by atoms with E-state index in [0.29, 0.717) is 11.4 Å². The zero-order valence-electron chi connectivity index (χ0n) is 13.2. The predicted molar refractivity (Wildman–Crippen MR) is 82.8 cm³/mol. The molecule has 2 N–H and O–H groups in total. The van der Waals surface area contributed by atoms with Crippen molar-refractivity contribution in [2.24, 2.45) is 0 Å². The van der Waals surface area contributed by atoms with Crippen LogP contribution in [0.5, 0.6) is 5.75 Å². The van der Waals surface area contributed by atoms with Crippen molar-refractivity contribution < 1.29 is 18.7 Å². The van der Waals surface area contributed by atoms with Crippen LogP contribution >= 0.6 is 0 Å². The van der Waals surface area contributed by atoms with Crippen LogP contribution in [0.2, 0.25) is 0 Å². The topological polar surface area (TPSA) is 59.6 Å². The summed E-state index contributed by atoms with van der Waals surface area (Å²) in [5.74, 6) is -0.0727. The van der Waals surface area contributed by atoms with E-state index in [1.807, 2.05) is 0 Å². The van der Waals surface area contributed by atoms with E-state index in [2.05, 4.69) is 10.6 Å². The zero-order valence-corrected chi connectivity index (χ0v) is 13.2. The van der Waals surface area contributed by atoms with Gasteiger partial charge in [-0.2, -0.15) is 0 Å². The molecule has 0 saturated carbocycles. The van der Waals surface area contributed by atoms with E-state index in [1.165, 1.54) is 18.2 Å². The number of ether oxygens (including phenoxy) is 2. The monoisotopic (exact) mass is 310 g/mol. The average Bonchev–Trinajstić information content (AvgIpc) is 2.41. The molecular weight excluding hydrogens is 287 g/mol. The number of piperidine rings is 1. The van der Waals surface area contributed by atoms with E-state index in [-0.39, 0.29) is 6.10 Å². The molecule has 1 aliphatic rings. The van der Waals surface area contributed by atoms with E-state index >= 15 is 0 Å². The Morgan fingerprint density at radius 2 is 2.00 bits per heavy atom. The second-order valence-electron chi connectivity index (χ2n) is 6.33. The summed E-state index contributed by atoms with van der Waals surface area (Å²) in [6, 6.07) is 4.05. The van der Waals surface area contributed by atoms with E-state index in [1.54, 1.807) is 20.8 Å². The van der Waals surface area contributed by atoms with Gasteiger partial charge in [-0.3, -0.25) is 5.32 Å². The highest BCUT2D eigenvalue weighted by Gasteiger charge is 2.20. The predicted octanol–water partition coefficient (Wildman–Crippen LogP) is 3.30. The smallest absolute Gasteiger partial charge is 0.412 e. The number of hydrogen-bond acceptors (Lipinski definition) is 4. The van der Waals surface area contributed by atoms with Gasteiger partial charge in [-0.15, -0.1) is 0 Å². The van der Waals surface area contributed by atoms with Crippen molar-refractivity contribution in [1.82, 2.24) is 5.32 Å². The maximum Gasteiger partial charge on any atom is 0.412 e. The van der Waals surface area contributed by atoms with Crippen molar-refractivity contribution in [3.63, 3.8) is 0 Å². The number of carbonyl (C=O) groups is 1. The number of rotatable bonds is 3. The second-order valence-corrected chi connectivity index (χ2v) is 6.33. The fraction of sp³-hybridized carbons (Fsp3) is 0.562. The van der Waals surface area contributed by atoms with Gasteiger partial charge in [0.1, 0.15) is 23.3 Å². The number of halogens is 1. The summed E-state index contributed by atoms with van der Waals surface area (Å²) in [5.41, 5.74) is -0.186. The molecule has 0 aliphatic carbocycles. The molecule has 0 unspecified atom stereocenters. The van der Waals surface area contributed by atoms with Crippen LogP contribution in [0.15, 0.2) is 18.2 Å². The standard InChI is InChI=1S/C16H23FN2O3/c1-16(2,3)22-15(20)19-13-5-4-11(17)10-14(13)21-12-6-8-18-9-7-12/h4-5,10,12,18H,6-9H2,1-3H3,(H,19,20). The molecule has 1 saturated heterocycles. The lowest BCUT2D eigenvalue weighted by molar-refractivity contribution is 0.0634. The minimum absolute atomic E-state index is 0.0160. The van der Waals surface area contributed by atoms with Crippen LogP contribution in [0.1, 0.15) is 33.6 Å². The molecule has 1 aromatic rings. The van der Waals surface area contributed by atoms with E-state index in [9.17, 15) is 9.18 Å². The molecule has 1 aromatic carbocycles. The minimum atomic E-state index is -0.597. The molecule has 122 valence electrons. The number of benzene rings is 1. The van der Waals surface area contributed by atoms with Crippen LogP contribution in [-0.2, 0) is 4.74 Å². The second kappa shape index (κ2) is 6.96. The number of hydrogen-bond donors (Lipinski definition) is 2. The van der Waals surface area contributed by atoms with Gasteiger partial charge in [-0.05, 0) is 58.8 Å². The Morgan fingerprint density at radius 3 is 2.64 bits per heavy atom. The lowest BCUT2D eigenvalue weighted by Gasteiger charge is -2.25. The van der Waals surface area contributed by atoms with Crippen LogP contribution in [-0.4, -0.2) is 30.9 Å². The molecule has 22 heavy (non-hydrogen) atoms. The van der Waals surface area contributed by atoms with Gasteiger partial charge in [0.25, 0.3) is 0 Å². The fourth-order valence-electron chi connectivity index (χ4n) is 2.20. The number of amides is 1. The Balaban J connectivity index is 2.08. The molecule has 0 bridgehead atoms. The van der Waals surface area contributed by atoms with Crippen molar-refractivity contribution in [3.05, 3.63) is 24.0 Å². The normalized spacial score (nSPS) is 16.2. The van der Waals surface area contributed by atoms with E-state index < -0.39 is 17.5 Å². The summed E-state index contributed by atoms with van der Waals surface area (Å²) < 4.78 is 24.5. The Kier molecular flexibility index (Phi) is 5.24. The maximum atomic E-state index is 13.5. The number of nitrogens with one attached hydrogen (secondary N) is 2. The van der Waals surface area contributed by atoms with Crippen molar-refractivity contribution >= 4 is 11.8 Å². The van der Waals surface area contributed by atoms with Crippen molar-refractivity contribution in [2.75, 3.05) is 18.4 Å². The lowest BCUT2D eigenvalue weighted by atomic mass is 10.1. The van der Waals surface area contributed by atoms with Crippen LogP contribution in [0.25, 0.3) is 0 Å². The maximum absolute atomic E-state index is 13.5. The van der Waals surface area contributed by atoms with Crippen molar-refractivity contribution in [2.45, 2.75) is 45.3 Å². The van der Waals surface area contributed by atoms with Gasteiger partial charge in [0.2, 0.25) is 0 Å². The van der Waals surface area contributed by atoms with Gasteiger partial charge in [0.05, 0.1) is 5.69 Å². The van der Waals surface area contributed by atoms with Gasteiger partial charge in [-0.1, -0.05) is 0 Å². The van der Waals surface area contributed by atoms with E-state index in [4.69, 9.17) is 9.47 Å². The van der Waals surface area contributed by atoms with Crippen molar-refractivity contribution in [1.29, 1.82) is 0 Å². The first-order chi connectivity index (χ1) is 10.3. The highest BCUT2D eigenvalue weighted by atomic mass is 19.1. The van der Waals surface area contributed by atoms with Crippen LogP contribution < -0.4 is 15.4 Å². The Morgan fingerprint density at radius 1 is 1.32 bits per heavy atom. The van der Waals surface area contributed by atoms with Gasteiger partial charge < -0.3 is 14.8 Å². The summed E-state index contributed by atoms with van der Waals surface area (Å²) in [5, 5.41) is 5.86. The SMILES string of the molecule is CC(C)(C)OC(=O)Nc1ccc(F)cc1OC1CCNCC1. The fourth-order valence-corrected chi connectivity index (χ4v) is 2.20. The highest BCUT2D eigenvalue weighted by molar-refractivity contribution is 5.86. The molecule has 2 rings (SSSR count). The summed E-state index contributed by atoms with van der Waals surface area (Å²) in [6.07, 6.45) is 1.13. The summed E-state index contributed by atoms with van der Waals surface area (Å²) in [6.45, 7) is 7.08. The first-order valence-electron chi connectivity index (χ1n) is 7.50. The molecule has 1 aliphatic heterocycles. The zero-order chi connectivity index (χ0) is 16.2. The molecular formula is C16H23FN2O3. The van der Waals surface area contributed by atoms with Gasteiger partial charge in [0.15, 0.2) is 0 Å². The first-order valence-corrected chi connectivity index (χ1v) is 7.50. The molecule has 1 heterocycles. The Hall–Kier alpha value is -1.82. The minimum Gasteiger partial charge on any atom is -0.488 e. The average molecular weight is 310 g/mol. The molecule has 0 radical (unpaired) electrons. The first kappa shape index (κ1) is 16.5. The molecule has 0 aromatic heterocycles. The molecule has 1 amide bonds. The van der Waals surface area contributed by atoms with Crippen LogP contribution in [0.3, 0.4) is 0 Å². The summed E-state index contributed by atoms with van der Waals surface area (Å²) in [7, 11) is 0. The molecule has 5 nitrogen and oxygen atoms in total. The number of anilines is 1. The highest BCUT2D eigenvalue weighted by Crippen LogP contribution is 2.28. The largest absolute Gasteiger partial charge is 0.488 e. The van der Waals surface area contributed by atoms with Crippen LogP contribution in [0, 0.1) is 5.82 Å². The third-order valence-corrected chi connectivity index (χ3v) is 3.16. The third kappa shape index (κ3) is 5.18. The Labute approximate surface area is 130 Å². The van der Waals surface area contributed by atoms with Gasteiger partial charge in [-0.25, -0.2) is 9.18 Å². The quantitative estimate of drug-likeness (QED) is 0.899. The molecule has 0 atom stereocenters. The van der Waals surface area contributed by atoms with Gasteiger partial charge in [0, 0.05) is 6.07 Å². The number of carbonyl (C=O) groups excluding carboxylic acids is 1. The van der Waals surface area contributed by atoms with Gasteiger partial charge >= 0.3 is 6.09 Å². The summed E-state index contributed by atoms with van der Waals surface area (Å²) >= 11 is 0. The van der Waals surface area contributed by atoms with Crippen LogP contribution in [0.4, 0.5) is 14.9 Å². The summed E-state index contributed by atoms with van der Waals surface area (Å²) in [4.78, 5) is 11.9. The molecule has 0 spiro atoms. The Bertz CT molecular complexity index is 523. The van der Waals surface area contributed by atoms with E-state index in [0.717, 1.165) is 25.9 Å².